The Kier molecular flexibility index (Phi) is 4.95. The Balaban J connectivity index is 0.000000371. The van der Waals surface area contributed by atoms with Crippen LogP contribution >= 0.6 is 0 Å². The second kappa shape index (κ2) is 5.24. The van der Waals surface area contributed by atoms with Gasteiger partial charge in [-0.2, -0.15) is 0 Å². The molecule has 0 bridgehead atoms. The van der Waals surface area contributed by atoms with Gasteiger partial charge < -0.3 is 5.11 Å². The zero-order chi connectivity index (χ0) is 7.98. The maximum Gasteiger partial charge on any atom is 0.0647 e. The van der Waals surface area contributed by atoms with Crippen molar-refractivity contribution in [3.05, 3.63) is 23.3 Å². The third kappa shape index (κ3) is 2.83. The number of aliphatic hydroxyl groups excluding tert-OH is 1. The van der Waals surface area contributed by atoms with E-state index in [4.69, 9.17) is 5.11 Å². The standard InChI is InChI=1S/C7H10O.C2H6/c1-6-2-3-7(4-6)5-8;1-2/h2,4,8H,3,5H2,1H3;1-2H3. The van der Waals surface area contributed by atoms with E-state index >= 15 is 0 Å². The summed E-state index contributed by atoms with van der Waals surface area (Å²) in [5.41, 5.74) is 2.40. The van der Waals surface area contributed by atoms with Crippen LogP contribution in [-0.4, -0.2) is 11.7 Å². The molecule has 1 heteroatoms. The van der Waals surface area contributed by atoms with Crippen molar-refractivity contribution in [2.75, 3.05) is 6.61 Å². The SMILES string of the molecule is CC.CC1=CCC(CO)=C1. The first-order chi connectivity index (χ1) is 4.83. The molecule has 0 fully saturated rings. The van der Waals surface area contributed by atoms with Gasteiger partial charge >= 0.3 is 0 Å². The highest BCUT2D eigenvalue weighted by molar-refractivity contribution is 5.30. The molecule has 1 rings (SSSR count). The van der Waals surface area contributed by atoms with Crippen LogP contribution < -0.4 is 0 Å². The molecule has 1 nitrogen and oxygen atoms in total. The predicted octanol–water partition coefficient (Wildman–Crippen LogP) is 2.28. The molecule has 0 saturated carbocycles. The molecule has 1 N–H and O–H groups in total. The van der Waals surface area contributed by atoms with E-state index in [1.807, 2.05) is 26.8 Å². The van der Waals surface area contributed by atoms with Gasteiger partial charge in [0.25, 0.3) is 0 Å². The van der Waals surface area contributed by atoms with Crippen LogP contribution in [0.5, 0.6) is 0 Å². The van der Waals surface area contributed by atoms with Crippen molar-refractivity contribution in [3.8, 4) is 0 Å². The number of aliphatic hydroxyl groups is 1. The fourth-order valence-electron chi connectivity index (χ4n) is 0.842. The second-order valence-electron chi connectivity index (χ2n) is 2.11. The van der Waals surface area contributed by atoms with Crippen LogP contribution in [-0.2, 0) is 0 Å². The molecular formula is C9H16O. The monoisotopic (exact) mass is 140 g/mol. The second-order valence-corrected chi connectivity index (χ2v) is 2.11. The molecule has 58 valence electrons. The number of hydrogen-bond donors (Lipinski definition) is 1. The molecule has 0 radical (unpaired) electrons. The summed E-state index contributed by atoms with van der Waals surface area (Å²) in [6, 6.07) is 0. The Morgan fingerprint density at radius 3 is 2.30 bits per heavy atom. The van der Waals surface area contributed by atoms with E-state index < -0.39 is 0 Å². The Hall–Kier alpha value is -0.560. The minimum Gasteiger partial charge on any atom is -0.392 e. The van der Waals surface area contributed by atoms with E-state index in [9.17, 15) is 0 Å². The van der Waals surface area contributed by atoms with Crippen LogP contribution in [0.15, 0.2) is 23.3 Å². The predicted molar refractivity (Wildman–Crippen MR) is 44.9 cm³/mol. The van der Waals surface area contributed by atoms with Crippen molar-refractivity contribution < 1.29 is 5.11 Å². The summed E-state index contributed by atoms with van der Waals surface area (Å²) in [5, 5.41) is 8.58. The maximum atomic E-state index is 8.58. The van der Waals surface area contributed by atoms with Gasteiger partial charge in [0.15, 0.2) is 0 Å². The third-order valence-electron chi connectivity index (χ3n) is 1.32. The fourth-order valence-corrected chi connectivity index (χ4v) is 0.842. The molecule has 0 atom stereocenters. The normalized spacial score (nSPS) is 15.2. The summed E-state index contributed by atoms with van der Waals surface area (Å²) in [7, 11) is 0. The Bertz CT molecular complexity index is 143. The van der Waals surface area contributed by atoms with Crippen molar-refractivity contribution in [2.24, 2.45) is 0 Å². The van der Waals surface area contributed by atoms with Gasteiger partial charge in [0.2, 0.25) is 0 Å². The topological polar surface area (TPSA) is 20.2 Å². The highest BCUT2D eigenvalue weighted by Gasteiger charge is 1.99. The van der Waals surface area contributed by atoms with Gasteiger partial charge in [0.1, 0.15) is 0 Å². The molecule has 0 spiro atoms. The van der Waals surface area contributed by atoms with Crippen molar-refractivity contribution in [3.63, 3.8) is 0 Å². The van der Waals surface area contributed by atoms with Gasteiger partial charge in [-0.3, -0.25) is 0 Å². The average molecular weight is 140 g/mol. The molecule has 0 aromatic rings. The Labute approximate surface area is 63.1 Å². The lowest BCUT2D eigenvalue weighted by atomic mass is 10.2. The molecule has 10 heavy (non-hydrogen) atoms. The summed E-state index contributed by atoms with van der Waals surface area (Å²) >= 11 is 0. The van der Waals surface area contributed by atoms with Gasteiger partial charge in [-0.25, -0.2) is 0 Å². The number of allylic oxidation sites excluding steroid dienone is 3. The highest BCUT2D eigenvalue weighted by Crippen LogP contribution is 2.15. The minimum atomic E-state index is 0.216. The molecule has 1 aliphatic carbocycles. The van der Waals surface area contributed by atoms with E-state index in [2.05, 4.69) is 6.08 Å². The van der Waals surface area contributed by atoms with Crippen LogP contribution in [0.4, 0.5) is 0 Å². The van der Waals surface area contributed by atoms with Gasteiger partial charge in [-0.15, -0.1) is 0 Å². The first kappa shape index (κ1) is 9.44. The van der Waals surface area contributed by atoms with Crippen LogP contribution in [0.3, 0.4) is 0 Å². The van der Waals surface area contributed by atoms with Crippen molar-refractivity contribution in [1.82, 2.24) is 0 Å². The maximum absolute atomic E-state index is 8.58. The van der Waals surface area contributed by atoms with E-state index in [1.165, 1.54) is 5.57 Å². The van der Waals surface area contributed by atoms with Crippen LogP contribution in [0.2, 0.25) is 0 Å². The molecule has 1 aliphatic rings. The Morgan fingerprint density at radius 2 is 2.10 bits per heavy atom. The van der Waals surface area contributed by atoms with Gasteiger partial charge in [0, 0.05) is 0 Å². The van der Waals surface area contributed by atoms with Gasteiger partial charge in [-0.1, -0.05) is 31.6 Å². The molecule has 0 amide bonds. The summed E-state index contributed by atoms with van der Waals surface area (Å²) in [6.07, 6.45) is 5.09. The summed E-state index contributed by atoms with van der Waals surface area (Å²) in [4.78, 5) is 0. The molecule has 0 saturated heterocycles. The summed E-state index contributed by atoms with van der Waals surface area (Å²) in [6.45, 7) is 6.26. The highest BCUT2D eigenvalue weighted by atomic mass is 16.3. The number of hydrogen-bond acceptors (Lipinski definition) is 1. The molecule has 0 aromatic carbocycles. The zero-order valence-corrected chi connectivity index (χ0v) is 7.02. The lowest BCUT2D eigenvalue weighted by Gasteiger charge is -1.88. The lowest BCUT2D eigenvalue weighted by molar-refractivity contribution is 0.329. The fraction of sp³-hybridized carbons (Fsp3) is 0.556. The molecular weight excluding hydrogens is 124 g/mol. The summed E-state index contributed by atoms with van der Waals surface area (Å²) in [5.74, 6) is 0. The van der Waals surface area contributed by atoms with E-state index in [0.29, 0.717) is 0 Å². The zero-order valence-electron chi connectivity index (χ0n) is 7.02. The lowest BCUT2D eigenvalue weighted by Crippen LogP contribution is -1.83. The van der Waals surface area contributed by atoms with E-state index in [1.54, 1.807) is 0 Å². The van der Waals surface area contributed by atoms with Crippen molar-refractivity contribution in [1.29, 1.82) is 0 Å². The van der Waals surface area contributed by atoms with Gasteiger partial charge in [0.05, 0.1) is 6.61 Å². The molecule has 0 aliphatic heterocycles. The smallest absolute Gasteiger partial charge is 0.0647 e. The molecule has 0 unspecified atom stereocenters. The van der Waals surface area contributed by atoms with Crippen molar-refractivity contribution >= 4 is 0 Å². The quantitative estimate of drug-likeness (QED) is 0.592. The van der Waals surface area contributed by atoms with Gasteiger partial charge in [-0.05, 0) is 18.9 Å². The van der Waals surface area contributed by atoms with Crippen molar-refractivity contribution in [2.45, 2.75) is 27.2 Å². The summed E-state index contributed by atoms with van der Waals surface area (Å²) < 4.78 is 0. The van der Waals surface area contributed by atoms with Crippen LogP contribution in [0, 0.1) is 0 Å². The third-order valence-corrected chi connectivity index (χ3v) is 1.32. The van der Waals surface area contributed by atoms with Crippen LogP contribution in [0.25, 0.3) is 0 Å². The average Bonchev–Trinajstić information content (AvgIpc) is 2.40. The Morgan fingerprint density at radius 1 is 1.50 bits per heavy atom. The van der Waals surface area contributed by atoms with E-state index in [0.717, 1.165) is 12.0 Å². The first-order valence-electron chi connectivity index (χ1n) is 3.80. The number of rotatable bonds is 1. The largest absolute Gasteiger partial charge is 0.392 e. The van der Waals surface area contributed by atoms with Crippen LogP contribution in [0.1, 0.15) is 27.2 Å². The van der Waals surface area contributed by atoms with E-state index in [-0.39, 0.29) is 6.61 Å². The minimum absolute atomic E-state index is 0.216. The first-order valence-corrected chi connectivity index (χ1v) is 3.80. The molecule has 0 heterocycles. The molecule has 0 aromatic heterocycles.